The number of esters is 2. The number of hydrogen-bond acceptors (Lipinski definition) is 11. The molecule has 1 spiro atoms. The molecule has 3 heterocycles. The molecule has 41 heavy (non-hydrogen) atoms. The van der Waals surface area contributed by atoms with E-state index in [1.54, 1.807) is 0 Å². The molecule has 1 saturated heterocycles. The Kier molecular flexibility index (Phi) is 8.70. The third-order valence-corrected chi connectivity index (χ3v) is 9.23. The summed E-state index contributed by atoms with van der Waals surface area (Å²) in [6.07, 6.45) is 2.91. The third-order valence-electron chi connectivity index (χ3n) is 9.23. The number of carbonyl (C=O) groups is 2. The summed E-state index contributed by atoms with van der Waals surface area (Å²) in [5.41, 5.74) is -0.162. The number of carbonyl (C=O) groups excluding carboxylic acids is 2. The molecular weight excluding hydrogens is 536 g/mol. The van der Waals surface area contributed by atoms with Crippen LogP contribution in [0.2, 0.25) is 0 Å². The van der Waals surface area contributed by atoms with E-state index >= 15 is 0 Å². The van der Waals surface area contributed by atoms with Crippen molar-refractivity contribution in [2.45, 2.75) is 50.0 Å². The molecule has 0 aromatic carbocycles. The van der Waals surface area contributed by atoms with Crippen molar-refractivity contribution in [1.82, 2.24) is 10.2 Å². The van der Waals surface area contributed by atoms with E-state index in [9.17, 15) is 19.8 Å². The number of cyclic esters (lactones) is 1. The lowest BCUT2D eigenvalue weighted by Gasteiger charge is -2.49. The first-order chi connectivity index (χ1) is 19.7. The number of aromatic amines is 1. The fourth-order valence-corrected chi connectivity index (χ4v) is 7.55. The van der Waals surface area contributed by atoms with Crippen LogP contribution in [-0.2, 0) is 33.2 Å². The molecular formula is C29H40N2O10. The monoisotopic (exact) mass is 576 g/mol. The summed E-state index contributed by atoms with van der Waals surface area (Å²) in [6.45, 7) is 3.93. The molecule has 12 heteroatoms. The molecule has 2 aliphatic carbocycles. The van der Waals surface area contributed by atoms with Crippen molar-refractivity contribution in [1.29, 1.82) is 0 Å². The molecule has 12 unspecified atom stereocenters. The van der Waals surface area contributed by atoms with Gasteiger partial charge in [0.05, 0.1) is 31.8 Å². The van der Waals surface area contributed by atoms with Crippen molar-refractivity contribution < 1.29 is 48.2 Å². The molecule has 2 aliphatic heterocycles. The number of aliphatic hydroxyl groups excluding tert-OH is 2. The average Bonchev–Trinajstić information content (AvgIpc) is 3.54. The van der Waals surface area contributed by atoms with Crippen LogP contribution in [0.1, 0.15) is 24.3 Å². The van der Waals surface area contributed by atoms with Gasteiger partial charge >= 0.3 is 11.9 Å². The maximum atomic E-state index is 13.8. The van der Waals surface area contributed by atoms with Crippen LogP contribution in [0.5, 0.6) is 0 Å². The lowest BCUT2D eigenvalue weighted by atomic mass is 9.56. The van der Waals surface area contributed by atoms with Crippen molar-refractivity contribution in [3.8, 4) is 0 Å². The third kappa shape index (κ3) is 4.94. The van der Waals surface area contributed by atoms with Crippen LogP contribution in [0.25, 0.3) is 0 Å². The van der Waals surface area contributed by atoms with Crippen LogP contribution >= 0.6 is 0 Å². The van der Waals surface area contributed by atoms with Crippen LogP contribution in [0.4, 0.5) is 0 Å². The van der Waals surface area contributed by atoms with Gasteiger partial charge in [-0.25, -0.2) is 4.79 Å². The maximum Gasteiger partial charge on any atom is 0.356 e. The summed E-state index contributed by atoms with van der Waals surface area (Å²) in [7, 11) is 4.51. The van der Waals surface area contributed by atoms with Crippen molar-refractivity contribution in [3.63, 3.8) is 0 Å². The summed E-state index contributed by atoms with van der Waals surface area (Å²) < 4.78 is 35.1. The van der Waals surface area contributed by atoms with E-state index in [1.165, 1.54) is 33.6 Å². The van der Waals surface area contributed by atoms with Gasteiger partial charge in [0.2, 0.25) is 0 Å². The van der Waals surface area contributed by atoms with E-state index in [4.69, 9.17) is 28.4 Å². The van der Waals surface area contributed by atoms with E-state index in [0.29, 0.717) is 0 Å². The number of methoxy groups -OCH3 is 3. The fraction of sp³-hybridized carbons (Fsp3) is 0.690. The molecule has 1 saturated carbocycles. The van der Waals surface area contributed by atoms with Gasteiger partial charge in [-0.15, -0.1) is 0 Å². The van der Waals surface area contributed by atoms with Crippen LogP contribution in [0.3, 0.4) is 0 Å². The normalized spacial score (nSPS) is 40.5. The summed E-state index contributed by atoms with van der Waals surface area (Å²) in [5.74, 6) is -4.30. The average molecular weight is 577 g/mol. The number of nitrogens with zero attached hydrogens (tertiary/aromatic N) is 1. The Labute approximate surface area is 239 Å². The summed E-state index contributed by atoms with van der Waals surface area (Å²) in [6, 6.07) is 1.51. The summed E-state index contributed by atoms with van der Waals surface area (Å²) in [5, 5.41) is 29.3. The zero-order valence-corrected chi connectivity index (χ0v) is 24.0. The van der Waals surface area contributed by atoms with E-state index < -0.39 is 77.6 Å². The van der Waals surface area contributed by atoms with Crippen LogP contribution in [-0.4, -0.2) is 110 Å². The molecule has 3 N–H and O–H groups in total. The van der Waals surface area contributed by atoms with Gasteiger partial charge in [-0.1, -0.05) is 25.2 Å². The minimum Gasteiger partial charge on any atom is -0.459 e. The second kappa shape index (κ2) is 11.9. The molecule has 226 valence electrons. The number of hydrogen-bond donors (Lipinski definition) is 3. The molecule has 5 rings (SSSR count). The fourth-order valence-electron chi connectivity index (χ4n) is 7.55. The zero-order valence-electron chi connectivity index (χ0n) is 24.0. The van der Waals surface area contributed by atoms with Crippen molar-refractivity contribution in [2.75, 3.05) is 41.2 Å². The van der Waals surface area contributed by atoms with Gasteiger partial charge in [-0.05, 0) is 18.6 Å². The predicted molar refractivity (Wildman–Crippen MR) is 142 cm³/mol. The first-order valence-corrected chi connectivity index (χ1v) is 14.0. The number of aliphatic hydroxyl groups is 2. The SMILES string of the molecule is COCC(O)C1OC(=O)C(COC)C2C=CC3C4OC2(C(C)=CC1C)C3C(O)C(COC)C4OC(=O)c1ccn[nH]1. The summed E-state index contributed by atoms with van der Waals surface area (Å²) in [4.78, 5) is 26.8. The van der Waals surface area contributed by atoms with Gasteiger partial charge in [-0.3, -0.25) is 9.89 Å². The van der Waals surface area contributed by atoms with E-state index in [2.05, 4.69) is 10.2 Å². The van der Waals surface area contributed by atoms with Gasteiger partial charge in [-0.2, -0.15) is 5.10 Å². The van der Waals surface area contributed by atoms with Gasteiger partial charge in [0, 0.05) is 57.1 Å². The molecule has 1 aromatic heterocycles. The number of ether oxygens (including phenoxy) is 6. The predicted octanol–water partition coefficient (Wildman–Crippen LogP) is 0.906. The van der Waals surface area contributed by atoms with Crippen LogP contribution < -0.4 is 0 Å². The lowest BCUT2D eigenvalue weighted by molar-refractivity contribution is -0.173. The van der Waals surface area contributed by atoms with Gasteiger partial charge in [0.1, 0.15) is 35.7 Å². The molecule has 12 atom stereocenters. The van der Waals surface area contributed by atoms with E-state index in [0.717, 1.165) is 5.57 Å². The van der Waals surface area contributed by atoms with Gasteiger partial charge in [0.25, 0.3) is 0 Å². The largest absolute Gasteiger partial charge is 0.459 e. The Hall–Kier alpha value is -2.61. The maximum absolute atomic E-state index is 13.8. The first-order valence-electron chi connectivity index (χ1n) is 14.0. The Bertz CT molecular complexity index is 1150. The highest BCUT2D eigenvalue weighted by atomic mass is 16.6. The minimum atomic E-state index is -1.14. The second-order valence-electron chi connectivity index (χ2n) is 11.5. The quantitative estimate of drug-likeness (QED) is 0.283. The standard InChI is InChI=1S/C29H40N2O10/c1-14-10-15(2)29-19(17(11-36-3)27(34)39-24(14)21(32)13-38-5)7-6-16-22(29)23(33)18(12-37-4)25(26(16)41-29)40-28(35)20-8-9-30-31-20/h6-10,14,16-19,21-26,32-33H,11-13H2,1-5H3,(H,30,31). The lowest BCUT2D eigenvalue weighted by Crippen LogP contribution is -2.59. The highest BCUT2D eigenvalue weighted by Gasteiger charge is 2.71. The van der Waals surface area contributed by atoms with Gasteiger partial charge in [0.15, 0.2) is 0 Å². The van der Waals surface area contributed by atoms with Crippen molar-refractivity contribution >= 4 is 11.9 Å². The Morgan fingerprint density at radius 3 is 2.61 bits per heavy atom. The number of rotatable bonds is 9. The topological polar surface area (TPSA) is 159 Å². The number of H-pyrrole nitrogens is 1. The Morgan fingerprint density at radius 1 is 1.20 bits per heavy atom. The first kappa shape index (κ1) is 29.9. The molecule has 12 nitrogen and oxygen atoms in total. The molecule has 0 amide bonds. The smallest absolute Gasteiger partial charge is 0.356 e. The molecule has 4 aliphatic rings. The van der Waals surface area contributed by atoms with E-state index in [-0.39, 0.29) is 31.4 Å². The van der Waals surface area contributed by atoms with Gasteiger partial charge < -0.3 is 38.6 Å². The van der Waals surface area contributed by atoms with E-state index in [1.807, 2.05) is 32.1 Å². The Balaban J connectivity index is 1.61. The minimum absolute atomic E-state index is 0.0113. The Morgan fingerprint density at radius 2 is 1.95 bits per heavy atom. The van der Waals surface area contributed by atoms with Crippen LogP contribution in [0.15, 0.2) is 36.1 Å². The highest BCUT2D eigenvalue weighted by Crippen LogP contribution is 2.62. The van der Waals surface area contributed by atoms with Crippen molar-refractivity contribution in [3.05, 3.63) is 41.8 Å². The summed E-state index contributed by atoms with van der Waals surface area (Å²) >= 11 is 0. The highest BCUT2D eigenvalue weighted by molar-refractivity contribution is 5.87. The molecule has 4 bridgehead atoms. The number of nitrogens with one attached hydrogen (secondary N) is 1. The van der Waals surface area contributed by atoms with Crippen molar-refractivity contribution in [2.24, 2.45) is 35.5 Å². The van der Waals surface area contributed by atoms with Crippen LogP contribution in [0, 0.1) is 35.5 Å². The number of aromatic nitrogens is 2. The second-order valence-corrected chi connectivity index (χ2v) is 11.5. The molecule has 2 fully saturated rings. The molecule has 1 aromatic rings. The molecule has 0 radical (unpaired) electrons. The zero-order chi connectivity index (χ0) is 29.5.